The first-order valence-electron chi connectivity index (χ1n) is 6.28. The molecule has 0 atom stereocenters. The van der Waals surface area contributed by atoms with Crippen molar-refractivity contribution in [3.63, 3.8) is 0 Å². The number of hydrogen-bond donors (Lipinski definition) is 2. The molecule has 1 aliphatic heterocycles. The van der Waals surface area contributed by atoms with Crippen molar-refractivity contribution >= 4 is 17.3 Å². The molecule has 1 aromatic carbocycles. The van der Waals surface area contributed by atoms with Gasteiger partial charge in [-0.2, -0.15) is 0 Å². The highest BCUT2D eigenvalue weighted by Crippen LogP contribution is 2.42. The number of hydrogen-bond acceptors (Lipinski definition) is 6. The largest absolute Gasteiger partial charge is 0.586 e. The van der Waals surface area contributed by atoms with Crippen LogP contribution >= 0.6 is 0 Å². The molecule has 0 saturated carbocycles. The van der Waals surface area contributed by atoms with Crippen LogP contribution in [0.3, 0.4) is 0 Å². The Labute approximate surface area is 119 Å². The molecule has 0 aliphatic carbocycles. The molecule has 1 aliphatic rings. The molecule has 1 aromatic heterocycles. The standard InChI is InChI=1S/C13H12F2N4O2/c1-2-17-11-6-16-7-12(19-11)18-8-3-4-9-10(5-8)21-13(14,15)20-9/h3-7H,2H2,1H3,(H2,17,18,19). The van der Waals surface area contributed by atoms with Crippen LogP contribution in [0.2, 0.25) is 0 Å². The Morgan fingerprint density at radius 3 is 2.71 bits per heavy atom. The van der Waals surface area contributed by atoms with E-state index >= 15 is 0 Å². The lowest BCUT2D eigenvalue weighted by Gasteiger charge is -2.08. The van der Waals surface area contributed by atoms with Gasteiger partial charge in [0.25, 0.3) is 0 Å². The van der Waals surface area contributed by atoms with Gasteiger partial charge in [-0.25, -0.2) is 4.98 Å². The van der Waals surface area contributed by atoms with Crippen molar-refractivity contribution in [1.29, 1.82) is 0 Å². The third-order valence-corrected chi connectivity index (χ3v) is 2.67. The van der Waals surface area contributed by atoms with Crippen LogP contribution in [-0.2, 0) is 0 Å². The molecule has 0 radical (unpaired) electrons. The Morgan fingerprint density at radius 2 is 1.90 bits per heavy atom. The van der Waals surface area contributed by atoms with E-state index in [2.05, 4.69) is 30.1 Å². The SMILES string of the molecule is CCNc1cncc(Nc2ccc3c(c2)OC(F)(F)O3)n1. The number of ether oxygens (including phenoxy) is 2. The van der Waals surface area contributed by atoms with Gasteiger partial charge in [-0.1, -0.05) is 0 Å². The van der Waals surface area contributed by atoms with E-state index in [0.29, 0.717) is 17.3 Å². The van der Waals surface area contributed by atoms with Crippen molar-refractivity contribution in [2.75, 3.05) is 17.2 Å². The first kappa shape index (κ1) is 13.3. The summed E-state index contributed by atoms with van der Waals surface area (Å²) in [7, 11) is 0. The number of nitrogens with zero attached hydrogens (tertiary/aromatic N) is 2. The number of benzene rings is 1. The van der Waals surface area contributed by atoms with Crippen LogP contribution in [0.25, 0.3) is 0 Å². The molecule has 2 aromatic rings. The zero-order valence-corrected chi connectivity index (χ0v) is 11.1. The summed E-state index contributed by atoms with van der Waals surface area (Å²) in [6, 6.07) is 4.41. The fraction of sp³-hybridized carbons (Fsp3) is 0.231. The lowest BCUT2D eigenvalue weighted by molar-refractivity contribution is -0.286. The summed E-state index contributed by atoms with van der Waals surface area (Å²) in [4.78, 5) is 8.31. The molecule has 110 valence electrons. The second kappa shape index (κ2) is 5.04. The lowest BCUT2D eigenvalue weighted by Crippen LogP contribution is -2.25. The second-order valence-electron chi connectivity index (χ2n) is 4.27. The summed E-state index contributed by atoms with van der Waals surface area (Å²) >= 11 is 0. The Balaban J connectivity index is 1.79. The monoisotopic (exact) mass is 294 g/mol. The first-order chi connectivity index (χ1) is 10.1. The molecular weight excluding hydrogens is 282 g/mol. The summed E-state index contributed by atoms with van der Waals surface area (Å²) in [5.41, 5.74) is 0.540. The summed E-state index contributed by atoms with van der Waals surface area (Å²) in [6.45, 7) is 2.66. The van der Waals surface area contributed by atoms with Crippen LogP contribution in [-0.4, -0.2) is 22.8 Å². The van der Waals surface area contributed by atoms with Crippen molar-refractivity contribution in [2.24, 2.45) is 0 Å². The van der Waals surface area contributed by atoms with E-state index in [1.54, 1.807) is 12.3 Å². The van der Waals surface area contributed by atoms with Crippen LogP contribution in [0.5, 0.6) is 11.5 Å². The maximum atomic E-state index is 12.9. The molecule has 3 rings (SSSR count). The fourth-order valence-corrected chi connectivity index (χ4v) is 1.87. The fourth-order valence-electron chi connectivity index (χ4n) is 1.87. The molecule has 21 heavy (non-hydrogen) atoms. The molecule has 0 saturated heterocycles. The zero-order chi connectivity index (χ0) is 14.9. The van der Waals surface area contributed by atoms with Gasteiger partial charge in [0.1, 0.15) is 5.82 Å². The van der Waals surface area contributed by atoms with E-state index in [-0.39, 0.29) is 11.5 Å². The van der Waals surface area contributed by atoms with Gasteiger partial charge in [0.15, 0.2) is 17.3 Å². The third-order valence-electron chi connectivity index (χ3n) is 2.67. The maximum Gasteiger partial charge on any atom is 0.586 e. The predicted molar refractivity (Wildman–Crippen MR) is 72.1 cm³/mol. The van der Waals surface area contributed by atoms with E-state index in [1.807, 2.05) is 6.92 Å². The van der Waals surface area contributed by atoms with Crippen LogP contribution in [0.4, 0.5) is 26.1 Å². The minimum Gasteiger partial charge on any atom is -0.395 e. The molecule has 0 bridgehead atoms. The third kappa shape index (κ3) is 2.93. The molecule has 0 amide bonds. The van der Waals surface area contributed by atoms with Gasteiger partial charge >= 0.3 is 6.29 Å². The smallest absolute Gasteiger partial charge is 0.395 e. The molecule has 8 heteroatoms. The number of nitrogens with one attached hydrogen (secondary N) is 2. The van der Waals surface area contributed by atoms with E-state index < -0.39 is 6.29 Å². The quantitative estimate of drug-likeness (QED) is 0.903. The van der Waals surface area contributed by atoms with Crippen molar-refractivity contribution in [3.8, 4) is 11.5 Å². The Hall–Kier alpha value is -2.64. The van der Waals surface area contributed by atoms with Crippen LogP contribution in [0.1, 0.15) is 6.92 Å². The van der Waals surface area contributed by atoms with Gasteiger partial charge in [0, 0.05) is 18.3 Å². The maximum absolute atomic E-state index is 12.9. The summed E-state index contributed by atoms with van der Waals surface area (Å²) in [5.74, 6) is 1.08. The van der Waals surface area contributed by atoms with E-state index in [9.17, 15) is 8.78 Å². The highest BCUT2D eigenvalue weighted by Gasteiger charge is 2.43. The normalized spacial score (nSPS) is 14.8. The van der Waals surface area contributed by atoms with Gasteiger partial charge in [-0.05, 0) is 19.1 Å². The number of fused-ring (bicyclic) bond motifs is 1. The van der Waals surface area contributed by atoms with Gasteiger partial charge < -0.3 is 20.1 Å². The average molecular weight is 294 g/mol. The number of aromatic nitrogens is 2. The topological polar surface area (TPSA) is 68.3 Å². The summed E-state index contributed by atoms with van der Waals surface area (Å²) in [5, 5.41) is 5.99. The van der Waals surface area contributed by atoms with Crippen molar-refractivity contribution in [2.45, 2.75) is 13.2 Å². The molecular formula is C13H12F2N4O2. The average Bonchev–Trinajstić information content (AvgIpc) is 2.73. The minimum atomic E-state index is -3.62. The van der Waals surface area contributed by atoms with Crippen LogP contribution < -0.4 is 20.1 Å². The predicted octanol–water partition coefficient (Wildman–Crippen LogP) is 2.97. The zero-order valence-electron chi connectivity index (χ0n) is 11.1. The van der Waals surface area contributed by atoms with E-state index in [1.165, 1.54) is 18.3 Å². The molecule has 2 N–H and O–H groups in total. The van der Waals surface area contributed by atoms with Gasteiger partial charge in [-0.15, -0.1) is 8.78 Å². The highest BCUT2D eigenvalue weighted by atomic mass is 19.3. The number of rotatable bonds is 4. The number of alkyl halides is 2. The van der Waals surface area contributed by atoms with Crippen molar-refractivity contribution in [3.05, 3.63) is 30.6 Å². The van der Waals surface area contributed by atoms with Crippen LogP contribution in [0, 0.1) is 0 Å². The Morgan fingerprint density at radius 1 is 1.14 bits per heavy atom. The Kier molecular flexibility index (Phi) is 3.20. The molecule has 6 nitrogen and oxygen atoms in total. The van der Waals surface area contributed by atoms with E-state index in [4.69, 9.17) is 0 Å². The van der Waals surface area contributed by atoms with Crippen molar-refractivity contribution in [1.82, 2.24) is 9.97 Å². The summed E-state index contributed by atoms with van der Waals surface area (Å²) in [6.07, 6.45) is -0.499. The van der Waals surface area contributed by atoms with E-state index in [0.717, 1.165) is 6.54 Å². The van der Waals surface area contributed by atoms with Crippen LogP contribution in [0.15, 0.2) is 30.6 Å². The summed E-state index contributed by atoms with van der Waals surface area (Å²) < 4.78 is 34.6. The van der Waals surface area contributed by atoms with Gasteiger partial charge in [0.2, 0.25) is 0 Å². The Bertz CT molecular complexity index is 666. The molecule has 0 spiro atoms. The highest BCUT2D eigenvalue weighted by molar-refractivity contribution is 5.62. The second-order valence-corrected chi connectivity index (χ2v) is 4.27. The molecule has 2 heterocycles. The number of halogens is 2. The number of anilines is 3. The van der Waals surface area contributed by atoms with Crippen molar-refractivity contribution < 1.29 is 18.3 Å². The van der Waals surface area contributed by atoms with Gasteiger partial charge in [-0.3, -0.25) is 4.98 Å². The molecule has 0 unspecified atom stereocenters. The first-order valence-corrected chi connectivity index (χ1v) is 6.28. The molecule has 0 fully saturated rings. The lowest BCUT2D eigenvalue weighted by atomic mass is 10.3. The minimum absolute atomic E-state index is 0.00182. The van der Waals surface area contributed by atoms with Gasteiger partial charge in [0.05, 0.1) is 12.4 Å².